The van der Waals surface area contributed by atoms with E-state index in [0.717, 1.165) is 32.8 Å². The van der Waals surface area contributed by atoms with Crippen LogP contribution in [0.25, 0.3) is 0 Å². The molecule has 0 aliphatic carbocycles. The van der Waals surface area contributed by atoms with Crippen LogP contribution >= 0.6 is 0 Å². The molecule has 4 rings (SSSR count). The first kappa shape index (κ1) is 26.2. The second-order valence-electron chi connectivity index (χ2n) is 8.59. The van der Waals surface area contributed by atoms with Crippen LogP contribution in [0.5, 0.6) is 0 Å². The Kier molecular flexibility index (Phi) is 9.11. The molecule has 2 fully saturated rings. The van der Waals surface area contributed by atoms with Crippen molar-refractivity contribution in [2.24, 2.45) is 20.7 Å². The van der Waals surface area contributed by atoms with Gasteiger partial charge in [0.05, 0.1) is 68.8 Å². The monoisotopic (exact) mass is 508 g/mol. The summed E-state index contributed by atoms with van der Waals surface area (Å²) in [5, 5.41) is 21.4. The van der Waals surface area contributed by atoms with Crippen LogP contribution in [0.3, 0.4) is 0 Å². The highest BCUT2D eigenvalue weighted by atomic mass is 16.5. The van der Waals surface area contributed by atoms with Crippen molar-refractivity contribution in [3.63, 3.8) is 0 Å². The Bertz CT molecular complexity index is 1020. The highest BCUT2D eigenvalue weighted by Gasteiger charge is 2.25. The lowest BCUT2D eigenvalue weighted by atomic mass is 10.2. The van der Waals surface area contributed by atoms with Gasteiger partial charge in [-0.3, -0.25) is 19.8 Å². The van der Waals surface area contributed by atoms with E-state index >= 15 is 0 Å². The van der Waals surface area contributed by atoms with Gasteiger partial charge in [-0.2, -0.15) is 0 Å². The summed E-state index contributed by atoms with van der Waals surface area (Å²) in [6.45, 7) is 9.41. The quantitative estimate of drug-likeness (QED) is 0.390. The Balaban J connectivity index is 1.29. The van der Waals surface area contributed by atoms with Gasteiger partial charge in [0.15, 0.2) is 0 Å². The second kappa shape index (κ2) is 12.9. The zero-order valence-electron chi connectivity index (χ0n) is 21.2. The van der Waals surface area contributed by atoms with Crippen molar-refractivity contribution < 1.29 is 19.1 Å². The number of hydrogen-bond donors (Lipinski definition) is 0. The summed E-state index contributed by atoms with van der Waals surface area (Å²) in [4.78, 5) is 28.2. The Labute approximate surface area is 216 Å². The third-order valence-corrected chi connectivity index (χ3v) is 5.81. The van der Waals surface area contributed by atoms with Crippen LogP contribution in [0.1, 0.15) is 34.6 Å². The second-order valence-corrected chi connectivity index (χ2v) is 8.59. The molecule has 2 aromatic rings. The predicted molar refractivity (Wildman–Crippen MR) is 135 cm³/mol. The molecule has 0 saturated carbocycles. The molecule has 37 heavy (non-hydrogen) atoms. The minimum Gasteiger partial charge on any atom is -0.462 e. The number of hydrogen-bond acceptors (Lipinski definition) is 10. The average Bonchev–Trinajstić information content (AvgIpc) is 3.24. The van der Waals surface area contributed by atoms with E-state index in [0.29, 0.717) is 49.1 Å². The van der Waals surface area contributed by atoms with E-state index < -0.39 is 0 Å². The first-order chi connectivity index (χ1) is 18.0. The lowest BCUT2D eigenvalue weighted by Gasteiger charge is -2.24. The highest BCUT2D eigenvalue weighted by molar-refractivity contribution is 5.90. The van der Waals surface area contributed by atoms with Crippen LogP contribution in [0.15, 0.2) is 69.2 Å². The fourth-order valence-corrected chi connectivity index (χ4v) is 3.90. The van der Waals surface area contributed by atoms with Crippen molar-refractivity contribution in [2.45, 2.75) is 13.8 Å². The minimum absolute atomic E-state index is 0.343. The minimum atomic E-state index is -0.343. The van der Waals surface area contributed by atoms with Crippen molar-refractivity contribution in [2.75, 3.05) is 59.4 Å². The number of ether oxygens (including phenoxy) is 2. The van der Waals surface area contributed by atoms with E-state index in [1.807, 2.05) is 10.0 Å². The maximum atomic E-state index is 11.8. The van der Waals surface area contributed by atoms with Crippen LogP contribution in [-0.4, -0.2) is 91.2 Å². The molecule has 196 valence electrons. The summed E-state index contributed by atoms with van der Waals surface area (Å²) in [5.41, 5.74) is 2.34. The van der Waals surface area contributed by atoms with Crippen molar-refractivity contribution in [3.05, 3.63) is 59.7 Å². The molecule has 2 unspecified atom stereocenters. The van der Waals surface area contributed by atoms with Crippen LogP contribution in [-0.2, 0) is 9.47 Å². The predicted octanol–water partition coefficient (Wildman–Crippen LogP) is 3.85. The highest BCUT2D eigenvalue weighted by Crippen LogP contribution is 2.18. The fourth-order valence-electron chi connectivity index (χ4n) is 3.90. The lowest BCUT2D eigenvalue weighted by molar-refractivity contribution is 0.0517. The maximum absolute atomic E-state index is 11.8. The van der Waals surface area contributed by atoms with Gasteiger partial charge in [-0.1, -0.05) is 10.4 Å². The van der Waals surface area contributed by atoms with Crippen LogP contribution in [0.2, 0.25) is 0 Å². The number of carbonyl (C=O) groups excluding carboxylic acids is 2. The van der Waals surface area contributed by atoms with Crippen LogP contribution < -0.4 is 0 Å². The molecule has 2 aliphatic rings. The van der Waals surface area contributed by atoms with Crippen molar-refractivity contribution in [1.29, 1.82) is 0 Å². The summed E-state index contributed by atoms with van der Waals surface area (Å²) < 4.78 is 10.0. The van der Waals surface area contributed by atoms with Gasteiger partial charge in [0.1, 0.15) is 0 Å². The molecule has 0 radical (unpaired) electrons. The standard InChI is InChI=1S/C25H32N8O4/c1-3-36-24(34)20-5-9-22(10-6-20)26-28-32-15-13-31-17-30(18-32)14-16-33(19-31)29-27-23-11-7-21(8-12-23)25(35)37-4-2/h5-12H,3-4,13-19H2,1-2H3. The third-order valence-electron chi connectivity index (χ3n) is 5.81. The molecule has 0 spiro atoms. The van der Waals surface area contributed by atoms with Gasteiger partial charge in [-0.25, -0.2) is 9.59 Å². The molecule has 2 saturated heterocycles. The molecule has 2 bridgehead atoms. The summed E-state index contributed by atoms with van der Waals surface area (Å²) in [7, 11) is 0. The molecule has 12 nitrogen and oxygen atoms in total. The fraction of sp³-hybridized carbons (Fsp3) is 0.440. The van der Waals surface area contributed by atoms with Crippen molar-refractivity contribution in [1.82, 2.24) is 19.8 Å². The van der Waals surface area contributed by atoms with Gasteiger partial charge >= 0.3 is 11.9 Å². The molecule has 0 aromatic heterocycles. The smallest absolute Gasteiger partial charge is 0.338 e. The molecule has 2 atom stereocenters. The summed E-state index contributed by atoms with van der Waals surface area (Å²) in [6.07, 6.45) is 0. The lowest BCUT2D eigenvalue weighted by Crippen LogP contribution is -2.36. The van der Waals surface area contributed by atoms with E-state index in [2.05, 4.69) is 30.5 Å². The molecule has 0 amide bonds. The van der Waals surface area contributed by atoms with Gasteiger partial charge < -0.3 is 9.47 Å². The van der Waals surface area contributed by atoms with Crippen LogP contribution in [0, 0.1) is 0 Å². The van der Waals surface area contributed by atoms with Crippen LogP contribution in [0.4, 0.5) is 11.4 Å². The van der Waals surface area contributed by atoms with Crippen molar-refractivity contribution >= 4 is 23.3 Å². The normalized spacial score (nSPS) is 20.1. The number of nitrogens with zero attached hydrogens (tertiary/aromatic N) is 8. The molecular weight excluding hydrogens is 476 g/mol. The maximum Gasteiger partial charge on any atom is 0.338 e. The Morgan fingerprint density at radius 2 is 1.05 bits per heavy atom. The largest absolute Gasteiger partial charge is 0.462 e. The van der Waals surface area contributed by atoms with E-state index in [9.17, 15) is 9.59 Å². The number of carbonyl (C=O) groups is 2. The summed E-state index contributed by atoms with van der Waals surface area (Å²) >= 11 is 0. The average molecular weight is 509 g/mol. The Morgan fingerprint density at radius 3 is 1.43 bits per heavy atom. The molecule has 2 aromatic carbocycles. The molecule has 2 aliphatic heterocycles. The van der Waals surface area contributed by atoms with Gasteiger partial charge in [0.2, 0.25) is 0 Å². The topological polar surface area (TPSA) is 115 Å². The SMILES string of the molecule is CCOC(=O)c1ccc(N=NN2CCN3CN(CCN(N=Nc4ccc(C(=O)OCC)cc4)C3)C2)cc1. The van der Waals surface area contributed by atoms with E-state index in [4.69, 9.17) is 9.47 Å². The van der Waals surface area contributed by atoms with E-state index in [1.54, 1.807) is 62.4 Å². The van der Waals surface area contributed by atoms with E-state index in [-0.39, 0.29) is 11.9 Å². The number of rotatable bonds is 8. The van der Waals surface area contributed by atoms with E-state index in [1.165, 1.54) is 0 Å². The molecular formula is C25H32N8O4. The van der Waals surface area contributed by atoms with Gasteiger partial charge in [-0.05, 0) is 62.4 Å². The zero-order chi connectivity index (χ0) is 26.0. The third kappa shape index (κ3) is 7.54. The van der Waals surface area contributed by atoms with Gasteiger partial charge in [0.25, 0.3) is 0 Å². The zero-order valence-corrected chi connectivity index (χ0v) is 21.2. The first-order valence-corrected chi connectivity index (χ1v) is 12.4. The Morgan fingerprint density at radius 1 is 0.649 bits per heavy atom. The summed E-state index contributed by atoms with van der Waals surface area (Å²) in [5.74, 6) is -0.687. The summed E-state index contributed by atoms with van der Waals surface area (Å²) in [6, 6.07) is 13.8. The molecule has 12 heteroatoms. The Hall–Kier alpha value is -3.90. The number of benzene rings is 2. The molecule has 0 N–H and O–H groups in total. The number of esters is 2. The first-order valence-electron chi connectivity index (χ1n) is 12.4. The van der Waals surface area contributed by atoms with Gasteiger partial charge in [0, 0.05) is 13.1 Å². The number of fused-ring (bicyclic) bond motifs is 2. The van der Waals surface area contributed by atoms with Crippen molar-refractivity contribution in [3.8, 4) is 0 Å². The van der Waals surface area contributed by atoms with Gasteiger partial charge in [-0.15, -0.1) is 10.2 Å². The molecule has 2 heterocycles.